The Bertz CT molecular complexity index is 288. The van der Waals surface area contributed by atoms with Crippen LogP contribution in [0.5, 0.6) is 0 Å². The lowest BCUT2D eigenvalue weighted by atomic mass is 10.1. The maximum absolute atomic E-state index is 11.8. The Morgan fingerprint density at radius 2 is 2.38 bits per heavy atom. The van der Waals surface area contributed by atoms with Crippen LogP contribution in [-0.2, 0) is 4.79 Å². The van der Waals surface area contributed by atoms with Gasteiger partial charge in [-0.1, -0.05) is 18.2 Å². The van der Waals surface area contributed by atoms with E-state index in [1.807, 2.05) is 18.2 Å². The molecule has 1 fully saturated rings. The van der Waals surface area contributed by atoms with E-state index in [0.29, 0.717) is 11.8 Å². The van der Waals surface area contributed by atoms with E-state index in [1.54, 1.807) is 0 Å². The molecule has 0 bridgehead atoms. The summed E-state index contributed by atoms with van der Waals surface area (Å²) < 4.78 is 0. The lowest BCUT2D eigenvalue weighted by Gasteiger charge is -2.06. The summed E-state index contributed by atoms with van der Waals surface area (Å²) in [5.74, 6) is 0.332. The average molecular weight is 177 g/mol. The van der Waals surface area contributed by atoms with Crippen molar-refractivity contribution in [2.24, 2.45) is 0 Å². The molecule has 0 aromatic heterocycles. The van der Waals surface area contributed by atoms with Crippen LogP contribution >= 0.6 is 0 Å². The van der Waals surface area contributed by atoms with Crippen LogP contribution in [0.1, 0.15) is 20.3 Å². The normalized spacial score (nSPS) is 30.8. The molecule has 2 rings (SSSR count). The van der Waals surface area contributed by atoms with Crippen molar-refractivity contribution in [3.63, 3.8) is 0 Å². The lowest BCUT2D eigenvalue weighted by molar-refractivity contribution is -0.115. The van der Waals surface area contributed by atoms with Crippen molar-refractivity contribution in [1.29, 1.82) is 0 Å². The van der Waals surface area contributed by atoms with E-state index in [1.165, 1.54) is 0 Å². The van der Waals surface area contributed by atoms with Crippen LogP contribution in [0.3, 0.4) is 0 Å². The highest BCUT2D eigenvalue weighted by Crippen LogP contribution is 2.26. The van der Waals surface area contributed by atoms with Crippen LogP contribution < -0.4 is 0 Å². The second-order valence-electron chi connectivity index (χ2n) is 3.99. The Hall–Kier alpha value is -0.890. The highest BCUT2D eigenvalue weighted by Gasteiger charge is 2.42. The van der Waals surface area contributed by atoms with E-state index in [2.05, 4.69) is 18.7 Å². The third kappa shape index (κ3) is 1.59. The molecule has 2 nitrogen and oxygen atoms in total. The quantitative estimate of drug-likeness (QED) is 0.609. The van der Waals surface area contributed by atoms with Gasteiger partial charge in [0.05, 0.1) is 6.04 Å². The minimum absolute atomic E-state index is 0.186. The molecule has 0 aromatic carbocycles. The van der Waals surface area contributed by atoms with Gasteiger partial charge in [0.1, 0.15) is 0 Å². The first kappa shape index (κ1) is 8.70. The lowest BCUT2D eigenvalue weighted by Crippen LogP contribution is -2.19. The molecule has 0 spiro atoms. The topological polar surface area (TPSA) is 20.1 Å². The van der Waals surface area contributed by atoms with Crippen molar-refractivity contribution < 1.29 is 4.79 Å². The number of hydrogen-bond donors (Lipinski definition) is 0. The van der Waals surface area contributed by atoms with Gasteiger partial charge in [-0.15, -0.1) is 0 Å². The molecule has 1 aliphatic heterocycles. The summed E-state index contributed by atoms with van der Waals surface area (Å²) in [6.45, 7) is 5.22. The number of hydrogen-bond acceptors (Lipinski definition) is 2. The second-order valence-corrected chi connectivity index (χ2v) is 3.99. The first-order valence-corrected chi connectivity index (χ1v) is 4.86. The van der Waals surface area contributed by atoms with Crippen LogP contribution in [0, 0.1) is 0 Å². The maximum Gasteiger partial charge on any atom is 0.177 e. The zero-order valence-corrected chi connectivity index (χ0v) is 8.16. The highest BCUT2D eigenvalue weighted by atomic mass is 16.1. The Morgan fingerprint density at radius 3 is 2.85 bits per heavy atom. The molecule has 1 heterocycles. The molecule has 0 N–H and O–H groups in total. The van der Waals surface area contributed by atoms with Crippen LogP contribution in [0.15, 0.2) is 23.8 Å². The smallest absolute Gasteiger partial charge is 0.177 e. The van der Waals surface area contributed by atoms with Crippen molar-refractivity contribution in [2.75, 3.05) is 6.54 Å². The third-order valence-electron chi connectivity index (χ3n) is 2.70. The van der Waals surface area contributed by atoms with E-state index >= 15 is 0 Å². The van der Waals surface area contributed by atoms with Crippen molar-refractivity contribution in [2.45, 2.75) is 32.4 Å². The summed E-state index contributed by atoms with van der Waals surface area (Å²) in [6.07, 6.45) is 6.78. The second kappa shape index (κ2) is 3.11. The average Bonchev–Trinajstić information content (AvgIpc) is 2.72. The van der Waals surface area contributed by atoms with Gasteiger partial charge in [-0.2, -0.15) is 0 Å². The van der Waals surface area contributed by atoms with Crippen molar-refractivity contribution in [3.8, 4) is 0 Å². The fourth-order valence-electron chi connectivity index (χ4n) is 1.80. The van der Waals surface area contributed by atoms with Crippen LogP contribution in [0.4, 0.5) is 0 Å². The number of allylic oxidation sites excluding steroid dienone is 3. The van der Waals surface area contributed by atoms with E-state index in [-0.39, 0.29) is 6.04 Å². The Kier molecular flexibility index (Phi) is 2.08. The fraction of sp³-hybridized carbons (Fsp3) is 0.545. The van der Waals surface area contributed by atoms with Crippen molar-refractivity contribution >= 4 is 5.78 Å². The Morgan fingerprint density at radius 1 is 1.62 bits per heavy atom. The SMILES string of the molecule is CC(C)N1CC1C(=O)C1=CC=CC1. The van der Waals surface area contributed by atoms with Gasteiger partial charge < -0.3 is 0 Å². The van der Waals surface area contributed by atoms with E-state index < -0.39 is 0 Å². The first-order chi connectivity index (χ1) is 6.20. The molecule has 0 amide bonds. The minimum Gasteiger partial charge on any atom is -0.293 e. The van der Waals surface area contributed by atoms with Gasteiger partial charge in [0.25, 0.3) is 0 Å². The Balaban J connectivity index is 1.94. The molecular weight excluding hydrogens is 162 g/mol. The number of rotatable bonds is 3. The minimum atomic E-state index is 0.186. The van der Waals surface area contributed by atoms with Gasteiger partial charge in [-0.3, -0.25) is 9.69 Å². The number of carbonyl (C=O) groups excluding carboxylic acids is 1. The number of nitrogens with zero attached hydrogens (tertiary/aromatic N) is 1. The molecule has 70 valence electrons. The van der Waals surface area contributed by atoms with Crippen LogP contribution in [0.2, 0.25) is 0 Å². The number of Topliss-reactive ketones (excluding diaryl/α,β-unsaturated/α-hetero) is 1. The van der Waals surface area contributed by atoms with Gasteiger partial charge in [0.15, 0.2) is 5.78 Å². The van der Waals surface area contributed by atoms with Crippen LogP contribution in [0.25, 0.3) is 0 Å². The number of carbonyl (C=O) groups is 1. The van der Waals surface area contributed by atoms with E-state index in [0.717, 1.165) is 18.5 Å². The molecule has 2 aliphatic rings. The predicted octanol–water partition coefficient (Wildman–Crippen LogP) is 1.53. The summed E-state index contributed by atoms with van der Waals surface area (Å²) in [7, 11) is 0. The number of ketones is 1. The maximum atomic E-state index is 11.8. The molecule has 2 heteroatoms. The first-order valence-electron chi connectivity index (χ1n) is 4.86. The third-order valence-corrected chi connectivity index (χ3v) is 2.70. The standard InChI is InChI=1S/C11H15NO/c1-8(2)12-7-10(12)11(13)9-5-3-4-6-9/h3-5,8,10H,6-7H2,1-2H3. The van der Waals surface area contributed by atoms with Gasteiger partial charge in [0.2, 0.25) is 0 Å². The molecule has 2 atom stereocenters. The van der Waals surface area contributed by atoms with Crippen molar-refractivity contribution in [3.05, 3.63) is 23.8 Å². The highest BCUT2D eigenvalue weighted by molar-refractivity contribution is 6.02. The van der Waals surface area contributed by atoms with Gasteiger partial charge in [-0.25, -0.2) is 0 Å². The van der Waals surface area contributed by atoms with Crippen molar-refractivity contribution in [1.82, 2.24) is 4.90 Å². The van der Waals surface area contributed by atoms with E-state index in [4.69, 9.17) is 0 Å². The molecule has 1 saturated heterocycles. The van der Waals surface area contributed by atoms with Crippen LogP contribution in [-0.4, -0.2) is 29.3 Å². The molecule has 0 saturated carbocycles. The summed E-state index contributed by atoms with van der Waals surface area (Å²) in [6, 6.07) is 0.690. The Labute approximate surface area is 78.9 Å². The molecular formula is C11H15NO. The summed E-state index contributed by atoms with van der Waals surface area (Å²) in [5.41, 5.74) is 0.980. The molecule has 0 radical (unpaired) electrons. The van der Waals surface area contributed by atoms with E-state index in [9.17, 15) is 4.79 Å². The summed E-state index contributed by atoms with van der Waals surface area (Å²) in [5, 5.41) is 0. The van der Waals surface area contributed by atoms with Gasteiger partial charge in [0, 0.05) is 18.2 Å². The van der Waals surface area contributed by atoms with Gasteiger partial charge >= 0.3 is 0 Å². The summed E-state index contributed by atoms with van der Waals surface area (Å²) >= 11 is 0. The molecule has 0 aromatic rings. The molecule has 1 aliphatic carbocycles. The zero-order valence-electron chi connectivity index (χ0n) is 8.16. The molecule has 13 heavy (non-hydrogen) atoms. The fourth-order valence-corrected chi connectivity index (χ4v) is 1.80. The monoisotopic (exact) mass is 177 g/mol. The largest absolute Gasteiger partial charge is 0.293 e. The summed E-state index contributed by atoms with van der Waals surface area (Å²) in [4.78, 5) is 14.0. The zero-order chi connectivity index (χ0) is 9.42. The van der Waals surface area contributed by atoms with Gasteiger partial charge in [-0.05, 0) is 20.3 Å². The predicted molar refractivity (Wildman–Crippen MR) is 52.5 cm³/mol. The molecule has 2 unspecified atom stereocenters.